The molecule has 0 bridgehead atoms. The highest BCUT2D eigenvalue weighted by molar-refractivity contribution is 7.85. The third kappa shape index (κ3) is 4.88. The van der Waals surface area contributed by atoms with Gasteiger partial charge in [-0.15, -0.1) is 0 Å². The number of likely N-dealkylation sites (tertiary alicyclic amines) is 1. The molecular weight excluding hydrogens is 209 g/mol. The molecule has 0 aliphatic carbocycles. The van der Waals surface area contributed by atoms with Crippen LogP contribution >= 0.6 is 0 Å². The van der Waals surface area contributed by atoms with E-state index in [-0.39, 0.29) is 6.61 Å². The second kappa shape index (κ2) is 5.04. The number of hydrogen-bond donors (Lipinski definition) is 0. The molecule has 0 aromatic rings. The first-order chi connectivity index (χ1) is 6.47. The third-order valence-electron chi connectivity index (χ3n) is 2.15. The topological polar surface area (TPSA) is 46.6 Å². The minimum absolute atomic E-state index is 0.117. The third-order valence-corrected chi connectivity index (χ3v) is 2.75. The van der Waals surface area contributed by atoms with Gasteiger partial charge in [-0.1, -0.05) is 0 Å². The Morgan fingerprint density at radius 1 is 1.57 bits per heavy atom. The van der Waals surface area contributed by atoms with Crippen LogP contribution in [-0.2, 0) is 14.3 Å². The van der Waals surface area contributed by atoms with Crippen LogP contribution in [-0.4, -0.2) is 52.0 Å². The lowest BCUT2D eigenvalue weighted by molar-refractivity contribution is 0.122. The smallest absolute Gasteiger partial charge is 0.264 e. The van der Waals surface area contributed by atoms with E-state index < -0.39 is 16.3 Å². The van der Waals surface area contributed by atoms with Gasteiger partial charge in [0.05, 0.1) is 12.9 Å². The van der Waals surface area contributed by atoms with Crippen LogP contribution in [0.25, 0.3) is 0 Å². The summed E-state index contributed by atoms with van der Waals surface area (Å²) in [4.78, 5) is 1.89. The van der Waals surface area contributed by atoms with E-state index in [0.717, 1.165) is 19.2 Å². The van der Waals surface area contributed by atoms with Crippen LogP contribution < -0.4 is 0 Å². The van der Waals surface area contributed by atoms with Gasteiger partial charge in [-0.05, 0) is 19.4 Å². The molecule has 0 spiro atoms. The number of alkyl halides is 1. The highest BCUT2D eigenvalue weighted by Crippen LogP contribution is 2.12. The summed E-state index contributed by atoms with van der Waals surface area (Å²) >= 11 is 0. The Kier molecular flexibility index (Phi) is 4.28. The number of piperidine rings is 1. The summed E-state index contributed by atoms with van der Waals surface area (Å²) in [6, 6.07) is 0. The van der Waals surface area contributed by atoms with E-state index in [1.807, 2.05) is 4.90 Å². The number of halogens is 1. The molecule has 0 radical (unpaired) electrons. The summed E-state index contributed by atoms with van der Waals surface area (Å²) in [6.07, 6.45) is 1.69. The van der Waals surface area contributed by atoms with Crippen molar-refractivity contribution in [3.8, 4) is 0 Å². The van der Waals surface area contributed by atoms with Crippen LogP contribution in [0.4, 0.5) is 4.39 Å². The zero-order chi connectivity index (χ0) is 10.6. The minimum Gasteiger partial charge on any atom is -0.298 e. The van der Waals surface area contributed by atoms with Crippen LogP contribution in [0.15, 0.2) is 0 Å². The van der Waals surface area contributed by atoms with Crippen LogP contribution in [0.2, 0.25) is 0 Å². The summed E-state index contributed by atoms with van der Waals surface area (Å²) in [5.41, 5.74) is 0. The molecule has 0 aromatic heterocycles. The van der Waals surface area contributed by atoms with Crippen molar-refractivity contribution < 1.29 is 17.0 Å². The van der Waals surface area contributed by atoms with Gasteiger partial charge in [0.2, 0.25) is 0 Å². The monoisotopic (exact) mass is 225 g/mol. The normalized spacial score (nSPS) is 25.1. The van der Waals surface area contributed by atoms with Gasteiger partial charge < -0.3 is 0 Å². The van der Waals surface area contributed by atoms with Gasteiger partial charge in [-0.25, -0.2) is 4.39 Å². The average Bonchev–Trinajstić information content (AvgIpc) is 2.01. The van der Waals surface area contributed by atoms with Crippen LogP contribution in [0.1, 0.15) is 12.8 Å². The quantitative estimate of drug-likeness (QED) is 0.650. The molecule has 84 valence electrons. The Morgan fingerprint density at radius 3 is 2.86 bits per heavy atom. The maximum absolute atomic E-state index is 12.9. The molecule has 1 unspecified atom stereocenters. The predicted octanol–water partition coefficient (Wildman–Crippen LogP) is 0.397. The van der Waals surface area contributed by atoms with Crippen molar-refractivity contribution in [1.82, 2.24) is 4.90 Å². The maximum atomic E-state index is 12.9. The highest BCUT2D eigenvalue weighted by atomic mass is 32.2. The molecule has 1 rings (SSSR count). The molecule has 0 N–H and O–H groups in total. The Bertz CT molecular complexity index is 268. The molecule has 6 heteroatoms. The first-order valence-electron chi connectivity index (χ1n) is 4.68. The van der Waals surface area contributed by atoms with Crippen LogP contribution in [0.3, 0.4) is 0 Å². The molecule has 1 saturated heterocycles. The van der Waals surface area contributed by atoms with E-state index in [9.17, 15) is 12.8 Å². The van der Waals surface area contributed by atoms with E-state index in [1.54, 1.807) is 0 Å². The van der Waals surface area contributed by atoms with Gasteiger partial charge in [0.25, 0.3) is 10.1 Å². The first kappa shape index (κ1) is 11.9. The molecule has 1 atom stereocenters. The summed E-state index contributed by atoms with van der Waals surface area (Å²) in [5, 5.41) is 0. The lowest BCUT2D eigenvalue weighted by atomic mass is 10.1. The summed E-state index contributed by atoms with van der Waals surface area (Å²) in [6.45, 7) is 1.82. The fourth-order valence-corrected chi connectivity index (χ4v) is 1.90. The Labute approximate surface area is 84.2 Å². The molecule has 4 nitrogen and oxygen atoms in total. The summed E-state index contributed by atoms with van der Waals surface area (Å²) in [7, 11) is -3.36. The second-order valence-corrected chi connectivity index (χ2v) is 5.21. The van der Waals surface area contributed by atoms with E-state index in [0.29, 0.717) is 19.5 Å². The van der Waals surface area contributed by atoms with Gasteiger partial charge in [-0.2, -0.15) is 8.42 Å². The zero-order valence-corrected chi connectivity index (χ0v) is 9.09. The van der Waals surface area contributed by atoms with Crippen molar-refractivity contribution in [2.24, 2.45) is 0 Å². The maximum Gasteiger partial charge on any atom is 0.264 e. The largest absolute Gasteiger partial charge is 0.298 e. The van der Waals surface area contributed by atoms with Crippen molar-refractivity contribution in [1.29, 1.82) is 0 Å². The van der Waals surface area contributed by atoms with Gasteiger partial charge in [-0.3, -0.25) is 9.08 Å². The fraction of sp³-hybridized carbons (Fsp3) is 1.00. The Morgan fingerprint density at radius 2 is 2.29 bits per heavy atom. The molecule has 1 aliphatic heterocycles. The van der Waals surface area contributed by atoms with Crippen molar-refractivity contribution >= 4 is 10.1 Å². The van der Waals surface area contributed by atoms with Gasteiger partial charge in [0.1, 0.15) is 6.17 Å². The number of nitrogens with zero attached hydrogens (tertiary/aromatic N) is 1. The minimum atomic E-state index is -3.36. The predicted molar refractivity (Wildman–Crippen MR) is 51.4 cm³/mol. The molecule has 1 aliphatic rings. The number of rotatable bonds is 4. The van der Waals surface area contributed by atoms with Crippen molar-refractivity contribution in [2.75, 3.05) is 32.5 Å². The molecule has 14 heavy (non-hydrogen) atoms. The van der Waals surface area contributed by atoms with E-state index in [2.05, 4.69) is 4.18 Å². The molecule has 0 amide bonds. The molecule has 0 aromatic carbocycles. The molecule has 1 heterocycles. The van der Waals surface area contributed by atoms with Crippen LogP contribution in [0, 0.1) is 0 Å². The average molecular weight is 225 g/mol. The van der Waals surface area contributed by atoms with Crippen molar-refractivity contribution in [3.05, 3.63) is 0 Å². The highest BCUT2D eigenvalue weighted by Gasteiger charge is 2.18. The van der Waals surface area contributed by atoms with E-state index >= 15 is 0 Å². The van der Waals surface area contributed by atoms with Gasteiger partial charge in [0, 0.05) is 13.1 Å². The van der Waals surface area contributed by atoms with E-state index in [1.165, 1.54) is 0 Å². The lowest BCUT2D eigenvalue weighted by Gasteiger charge is -2.28. The molecule has 0 saturated carbocycles. The second-order valence-electron chi connectivity index (χ2n) is 3.57. The number of hydrogen-bond acceptors (Lipinski definition) is 4. The fourth-order valence-electron chi connectivity index (χ4n) is 1.52. The molecule has 1 fully saturated rings. The lowest BCUT2D eigenvalue weighted by Crippen LogP contribution is -2.38. The summed E-state index contributed by atoms with van der Waals surface area (Å²) in [5.74, 6) is 0. The zero-order valence-electron chi connectivity index (χ0n) is 8.28. The van der Waals surface area contributed by atoms with Crippen molar-refractivity contribution in [3.63, 3.8) is 0 Å². The van der Waals surface area contributed by atoms with Gasteiger partial charge in [0.15, 0.2) is 0 Å². The van der Waals surface area contributed by atoms with Gasteiger partial charge >= 0.3 is 0 Å². The first-order valence-corrected chi connectivity index (χ1v) is 6.50. The standard InChI is InChI=1S/C8H16FNO3S/c1-14(11,12)13-6-5-10-4-2-3-8(9)7-10/h8H,2-7H2,1H3. The van der Waals surface area contributed by atoms with Crippen molar-refractivity contribution in [2.45, 2.75) is 19.0 Å². The SMILES string of the molecule is CS(=O)(=O)OCCN1CCCC(F)C1. The van der Waals surface area contributed by atoms with E-state index in [4.69, 9.17) is 0 Å². The Balaban J connectivity index is 2.18. The Hall–Kier alpha value is -0.200. The van der Waals surface area contributed by atoms with Crippen LogP contribution in [0.5, 0.6) is 0 Å². The molecular formula is C8H16FNO3S. The summed E-state index contributed by atoms with van der Waals surface area (Å²) < 4.78 is 38.7.